The van der Waals surface area contributed by atoms with Gasteiger partial charge in [-0.25, -0.2) is 0 Å². The molecule has 0 aromatic heterocycles. The zero-order chi connectivity index (χ0) is 13.7. The van der Waals surface area contributed by atoms with E-state index in [1.807, 2.05) is 0 Å². The fourth-order valence-corrected chi connectivity index (χ4v) is 4.84. The Morgan fingerprint density at radius 2 is 1.68 bits per heavy atom. The smallest absolute Gasteiger partial charge is 0.0269 e. The van der Waals surface area contributed by atoms with Crippen LogP contribution in [-0.2, 0) is 0 Å². The first-order valence-electron chi connectivity index (χ1n) is 8.62. The maximum absolute atomic E-state index is 5.98. The summed E-state index contributed by atoms with van der Waals surface area (Å²) in [5.41, 5.74) is 3.74. The Hall–Kier alpha value is -0.0800. The molecule has 2 saturated carbocycles. The quantitative estimate of drug-likeness (QED) is 0.552. The molecule has 0 spiro atoms. The molecule has 2 fully saturated rings. The number of hydrogen-bond acceptors (Lipinski definition) is 2. The molecular weight excluding hydrogens is 232 g/mol. The summed E-state index contributed by atoms with van der Waals surface area (Å²) in [6, 6.07) is 0.556. The molecule has 2 aliphatic carbocycles. The highest BCUT2D eigenvalue weighted by atomic mass is 15.2. The molecular formula is C17H34N2. The first kappa shape index (κ1) is 15.3. The lowest BCUT2D eigenvalue weighted by molar-refractivity contribution is 0.125. The van der Waals surface area contributed by atoms with Gasteiger partial charge in [0.1, 0.15) is 0 Å². The van der Waals surface area contributed by atoms with E-state index in [-0.39, 0.29) is 0 Å². The number of nitrogens with one attached hydrogen (secondary N) is 1. The van der Waals surface area contributed by atoms with Gasteiger partial charge in [-0.3, -0.25) is 11.3 Å². The van der Waals surface area contributed by atoms with E-state index in [1.165, 1.54) is 70.6 Å². The molecule has 0 saturated heterocycles. The highest BCUT2D eigenvalue weighted by molar-refractivity contribution is 4.95. The molecule has 0 amide bonds. The van der Waals surface area contributed by atoms with Crippen LogP contribution in [0.1, 0.15) is 84.5 Å². The Labute approximate surface area is 119 Å². The van der Waals surface area contributed by atoms with E-state index in [4.69, 9.17) is 5.84 Å². The monoisotopic (exact) mass is 266 g/mol. The zero-order valence-electron chi connectivity index (χ0n) is 13.1. The van der Waals surface area contributed by atoms with Crippen molar-refractivity contribution >= 4 is 0 Å². The lowest BCUT2D eigenvalue weighted by Gasteiger charge is -2.41. The van der Waals surface area contributed by atoms with Crippen LogP contribution in [-0.4, -0.2) is 6.04 Å². The molecule has 1 unspecified atom stereocenters. The summed E-state index contributed by atoms with van der Waals surface area (Å²) in [5, 5.41) is 0. The van der Waals surface area contributed by atoms with Gasteiger partial charge in [0.25, 0.3) is 0 Å². The third kappa shape index (κ3) is 3.95. The molecule has 0 aromatic rings. The number of rotatable bonds is 6. The highest BCUT2D eigenvalue weighted by Crippen LogP contribution is 2.48. The second-order valence-corrected chi connectivity index (χ2v) is 7.63. The predicted molar refractivity (Wildman–Crippen MR) is 82.7 cm³/mol. The fourth-order valence-electron chi connectivity index (χ4n) is 4.84. The fraction of sp³-hybridized carbons (Fsp3) is 1.00. The second kappa shape index (κ2) is 7.08. The lowest BCUT2D eigenvalue weighted by Crippen LogP contribution is -2.49. The summed E-state index contributed by atoms with van der Waals surface area (Å²) in [4.78, 5) is 0. The van der Waals surface area contributed by atoms with Crippen molar-refractivity contribution in [2.45, 2.75) is 90.5 Å². The van der Waals surface area contributed by atoms with E-state index in [2.05, 4.69) is 19.3 Å². The van der Waals surface area contributed by atoms with Crippen molar-refractivity contribution in [3.8, 4) is 0 Å². The first-order chi connectivity index (χ1) is 9.16. The largest absolute Gasteiger partial charge is 0.271 e. The molecule has 0 radical (unpaired) electrons. The van der Waals surface area contributed by atoms with Gasteiger partial charge in [0.2, 0.25) is 0 Å². The minimum absolute atomic E-state index is 0.500. The second-order valence-electron chi connectivity index (χ2n) is 7.63. The molecule has 0 aliphatic heterocycles. The van der Waals surface area contributed by atoms with Crippen LogP contribution >= 0.6 is 0 Å². The highest BCUT2D eigenvalue weighted by Gasteiger charge is 2.41. The minimum atomic E-state index is 0.500. The van der Waals surface area contributed by atoms with E-state index < -0.39 is 0 Å². The Balaban J connectivity index is 1.99. The van der Waals surface area contributed by atoms with Crippen molar-refractivity contribution in [1.29, 1.82) is 0 Å². The summed E-state index contributed by atoms with van der Waals surface area (Å²) in [6.45, 7) is 4.74. The maximum Gasteiger partial charge on any atom is 0.0269 e. The van der Waals surface area contributed by atoms with E-state index in [1.54, 1.807) is 0 Å². The normalized spacial score (nSPS) is 25.9. The summed E-state index contributed by atoms with van der Waals surface area (Å²) < 4.78 is 0. The molecule has 0 aromatic carbocycles. The van der Waals surface area contributed by atoms with Gasteiger partial charge in [-0.2, -0.15) is 0 Å². The number of nitrogens with two attached hydrogens (primary N) is 1. The van der Waals surface area contributed by atoms with Crippen LogP contribution in [0.5, 0.6) is 0 Å². The van der Waals surface area contributed by atoms with E-state index in [9.17, 15) is 0 Å². The molecule has 1 atom stereocenters. The van der Waals surface area contributed by atoms with E-state index in [0.29, 0.717) is 11.5 Å². The Morgan fingerprint density at radius 1 is 1.05 bits per heavy atom. The first-order valence-corrected chi connectivity index (χ1v) is 8.62. The molecule has 2 nitrogen and oxygen atoms in total. The van der Waals surface area contributed by atoms with Crippen molar-refractivity contribution in [2.24, 2.45) is 23.1 Å². The van der Waals surface area contributed by atoms with Gasteiger partial charge in [-0.15, -0.1) is 0 Å². The van der Waals surface area contributed by atoms with Gasteiger partial charge < -0.3 is 0 Å². The molecule has 2 aliphatic rings. The molecule has 3 N–H and O–H groups in total. The summed E-state index contributed by atoms with van der Waals surface area (Å²) in [5.74, 6) is 7.70. The topological polar surface area (TPSA) is 38.0 Å². The average Bonchev–Trinajstić information content (AvgIpc) is 2.85. The molecule has 112 valence electrons. The van der Waals surface area contributed by atoms with Crippen LogP contribution in [0.4, 0.5) is 0 Å². The summed E-state index contributed by atoms with van der Waals surface area (Å²) in [7, 11) is 0. The molecule has 2 rings (SSSR count). The van der Waals surface area contributed by atoms with Gasteiger partial charge in [0.05, 0.1) is 0 Å². The van der Waals surface area contributed by atoms with E-state index >= 15 is 0 Å². The van der Waals surface area contributed by atoms with Crippen LogP contribution in [0.15, 0.2) is 0 Å². The maximum atomic E-state index is 5.98. The van der Waals surface area contributed by atoms with Crippen molar-refractivity contribution in [3.63, 3.8) is 0 Å². The third-order valence-electron chi connectivity index (χ3n) is 5.65. The predicted octanol–water partition coefficient (Wildman–Crippen LogP) is 4.40. The van der Waals surface area contributed by atoms with Gasteiger partial charge in [0.15, 0.2) is 0 Å². The van der Waals surface area contributed by atoms with Crippen LogP contribution < -0.4 is 11.3 Å². The lowest BCUT2D eigenvalue weighted by atomic mass is 9.69. The molecule has 0 heterocycles. The van der Waals surface area contributed by atoms with Gasteiger partial charge in [-0.1, -0.05) is 58.8 Å². The van der Waals surface area contributed by atoms with Crippen molar-refractivity contribution in [1.82, 2.24) is 5.43 Å². The number of hydrogen-bond donors (Lipinski definition) is 2. The van der Waals surface area contributed by atoms with E-state index in [0.717, 1.165) is 11.8 Å². The third-order valence-corrected chi connectivity index (χ3v) is 5.65. The molecule has 19 heavy (non-hydrogen) atoms. The summed E-state index contributed by atoms with van der Waals surface area (Å²) >= 11 is 0. The molecule has 2 heteroatoms. The van der Waals surface area contributed by atoms with Crippen molar-refractivity contribution in [2.75, 3.05) is 0 Å². The van der Waals surface area contributed by atoms with Crippen LogP contribution in [0.3, 0.4) is 0 Å². The minimum Gasteiger partial charge on any atom is -0.271 e. The Kier molecular flexibility index (Phi) is 5.70. The number of hydrazine groups is 1. The Morgan fingerprint density at radius 3 is 2.21 bits per heavy atom. The van der Waals surface area contributed by atoms with Crippen LogP contribution in [0.25, 0.3) is 0 Å². The average molecular weight is 266 g/mol. The van der Waals surface area contributed by atoms with Crippen LogP contribution in [0.2, 0.25) is 0 Å². The zero-order valence-corrected chi connectivity index (χ0v) is 13.1. The summed E-state index contributed by atoms with van der Waals surface area (Å²) in [6.07, 6.45) is 15.5. The van der Waals surface area contributed by atoms with Crippen molar-refractivity contribution < 1.29 is 0 Å². The van der Waals surface area contributed by atoms with Crippen molar-refractivity contribution in [3.05, 3.63) is 0 Å². The SMILES string of the molecule is CC(C)CC1(C(CC2CCCCC2)NN)CCCC1. The standard InChI is InChI=1S/C17H34N2/c1-14(2)13-17(10-6-7-11-17)16(19-18)12-15-8-4-3-5-9-15/h14-16,19H,3-13,18H2,1-2H3. The molecule has 0 bridgehead atoms. The van der Waals surface area contributed by atoms with Gasteiger partial charge in [-0.05, 0) is 42.9 Å². The van der Waals surface area contributed by atoms with Gasteiger partial charge in [0, 0.05) is 6.04 Å². The van der Waals surface area contributed by atoms with Crippen LogP contribution in [0, 0.1) is 17.3 Å². The Bertz CT molecular complexity index is 250. The van der Waals surface area contributed by atoms with Gasteiger partial charge >= 0.3 is 0 Å².